The predicted octanol–water partition coefficient (Wildman–Crippen LogP) is 3.40. The molecule has 3 aromatic carbocycles. The van der Waals surface area contributed by atoms with E-state index in [9.17, 15) is 24.6 Å². The topological polar surface area (TPSA) is 107 Å². The number of benzene rings is 3. The van der Waals surface area contributed by atoms with Crippen LogP contribution in [-0.2, 0) is 27.4 Å². The normalized spacial score (nSPS) is 22.6. The van der Waals surface area contributed by atoms with Gasteiger partial charge >= 0.3 is 5.97 Å². The molecule has 2 fully saturated rings. The SMILES string of the molecule is O=C(Cc1ccccc1)N[C@@H]1C(=O)N2CC(Sc3ccc(-c4ccccc4CO)cc3)(C(=O)O)CS[C@H]12. The Balaban J connectivity index is 1.25. The third kappa shape index (κ3) is 5.12. The molecular formula is C28H26N2O5S2. The number of carbonyl (C=O) groups is 3. The van der Waals surface area contributed by atoms with Crippen LogP contribution >= 0.6 is 23.5 Å². The number of fused-ring (bicyclic) bond motifs is 1. The largest absolute Gasteiger partial charge is 0.480 e. The summed E-state index contributed by atoms with van der Waals surface area (Å²) in [5.41, 5.74) is 3.55. The number of aliphatic carboxylic acids is 1. The first-order chi connectivity index (χ1) is 17.9. The molecular weight excluding hydrogens is 508 g/mol. The van der Waals surface area contributed by atoms with E-state index in [1.165, 1.54) is 23.5 Å². The third-order valence-corrected chi connectivity index (χ3v) is 9.69. The van der Waals surface area contributed by atoms with Gasteiger partial charge in [0.2, 0.25) is 11.8 Å². The fourth-order valence-corrected chi connectivity index (χ4v) is 7.50. The molecule has 190 valence electrons. The number of thioether (sulfide) groups is 2. The van der Waals surface area contributed by atoms with E-state index in [2.05, 4.69) is 5.32 Å². The molecule has 1 unspecified atom stereocenters. The summed E-state index contributed by atoms with van der Waals surface area (Å²) in [6.45, 7) is 0.00834. The van der Waals surface area contributed by atoms with Gasteiger partial charge < -0.3 is 20.4 Å². The number of nitrogens with zero attached hydrogens (tertiary/aromatic N) is 1. The summed E-state index contributed by atoms with van der Waals surface area (Å²) in [6, 6.07) is 23.9. The van der Waals surface area contributed by atoms with Crippen molar-refractivity contribution >= 4 is 41.3 Å². The number of hydrogen-bond acceptors (Lipinski definition) is 6. The number of amides is 2. The lowest BCUT2D eigenvalue weighted by atomic mass is 10.0. The number of nitrogens with one attached hydrogen (secondary N) is 1. The molecule has 5 rings (SSSR count). The van der Waals surface area contributed by atoms with Crippen molar-refractivity contribution in [2.24, 2.45) is 0 Å². The molecule has 2 heterocycles. The van der Waals surface area contributed by atoms with Gasteiger partial charge in [-0.1, -0.05) is 66.7 Å². The maximum Gasteiger partial charge on any atom is 0.322 e. The van der Waals surface area contributed by atoms with Gasteiger partial charge in [-0.2, -0.15) is 0 Å². The summed E-state index contributed by atoms with van der Waals surface area (Å²) < 4.78 is -1.19. The molecule has 9 heteroatoms. The number of carboxylic acids is 1. The summed E-state index contributed by atoms with van der Waals surface area (Å²) in [4.78, 5) is 40.1. The monoisotopic (exact) mass is 534 g/mol. The van der Waals surface area contributed by atoms with E-state index in [-0.39, 0.29) is 36.8 Å². The van der Waals surface area contributed by atoms with E-state index >= 15 is 0 Å². The standard InChI is InChI=1S/C28H26N2O5S2/c31-15-20-8-4-5-9-22(20)19-10-12-21(13-11-19)37-28(27(34)35)16-30-25(33)24(26(30)36-17-28)29-23(32)14-18-6-2-1-3-7-18/h1-13,24,26,31H,14-17H2,(H,29,32)(H,34,35)/t24-,26-,28?/m1/s1. The van der Waals surface area contributed by atoms with Crippen LogP contribution in [0.5, 0.6) is 0 Å². The Morgan fingerprint density at radius 3 is 2.43 bits per heavy atom. The van der Waals surface area contributed by atoms with Gasteiger partial charge in [-0.15, -0.1) is 23.5 Å². The second-order valence-corrected chi connectivity index (χ2v) is 11.7. The van der Waals surface area contributed by atoms with Crippen molar-refractivity contribution in [2.45, 2.75) is 34.1 Å². The van der Waals surface area contributed by atoms with E-state index in [1.807, 2.05) is 78.9 Å². The van der Waals surface area contributed by atoms with Crippen LogP contribution in [0.25, 0.3) is 11.1 Å². The second-order valence-electron chi connectivity index (χ2n) is 9.12. The Kier molecular flexibility index (Phi) is 7.28. The van der Waals surface area contributed by atoms with Gasteiger partial charge in [-0.25, -0.2) is 0 Å². The van der Waals surface area contributed by atoms with Gasteiger partial charge in [0.1, 0.15) is 16.2 Å². The molecule has 0 radical (unpaired) electrons. The minimum atomic E-state index is -1.19. The lowest BCUT2D eigenvalue weighted by Crippen LogP contribution is -2.74. The summed E-state index contributed by atoms with van der Waals surface area (Å²) in [6.07, 6.45) is 0.190. The number of β-lactam (4-membered cyclic amide) rings is 1. The van der Waals surface area contributed by atoms with Crippen molar-refractivity contribution in [2.75, 3.05) is 12.3 Å². The van der Waals surface area contributed by atoms with Crippen molar-refractivity contribution in [1.82, 2.24) is 10.2 Å². The Morgan fingerprint density at radius 2 is 1.73 bits per heavy atom. The average molecular weight is 535 g/mol. The van der Waals surface area contributed by atoms with E-state index in [0.717, 1.165) is 27.1 Å². The molecule has 0 saturated carbocycles. The number of aliphatic hydroxyl groups excluding tert-OH is 1. The molecule has 2 aliphatic heterocycles. The summed E-state index contributed by atoms with van der Waals surface area (Å²) >= 11 is 2.64. The molecule has 0 spiro atoms. The van der Waals surface area contributed by atoms with Crippen LogP contribution in [0.4, 0.5) is 0 Å². The highest BCUT2D eigenvalue weighted by molar-refractivity contribution is 8.05. The zero-order valence-corrected chi connectivity index (χ0v) is 21.5. The molecule has 2 amide bonds. The maximum absolute atomic E-state index is 12.9. The molecule has 2 aliphatic rings. The number of hydrogen-bond donors (Lipinski definition) is 3. The quantitative estimate of drug-likeness (QED) is 0.380. The highest BCUT2D eigenvalue weighted by Crippen LogP contribution is 2.46. The predicted molar refractivity (Wildman–Crippen MR) is 144 cm³/mol. The highest BCUT2D eigenvalue weighted by Gasteiger charge is 2.57. The zero-order chi connectivity index (χ0) is 26.0. The number of rotatable bonds is 8. The van der Waals surface area contributed by atoms with Gasteiger partial charge in [0.05, 0.1) is 13.0 Å². The number of aliphatic hydroxyl groups is 1. The lowest BCUT2D eigenvalue weighted by Gasteiger charge is -2.53. The van der Waals surface area contributed by atoms with Crippen LogP contribution in [0.2, 0.25) is 0 Å². The first-order valence-electron chi connectivity index (χ1n) is 11.9. The van der Waals surface area contributed by atoms with Gasteiger partial charge in [0.15, 0.2) is 0 Å². The van der Waals surface area contributed by atoms with Crippen LogP contribution < -0.4 is 5.32 Å². The first-order valence-corrected chi connectivity index (χ1v) is 13.7. The molecule has 3 aromatic rings. The van der Waals surface area contributed by atoms with E-state index in [1.54, 1.807) is 4.90 Å². The lowest BCUT2D eigenvalue weighted by molar-refractivity contribution is -0.152. The van der Waals surface area contributed by atoms with Gasteiger partial charge in [-0.3, -0.25) is 14.4 Å². The Morgan fingerprint density at radius 1 is 1.03 bits per heavy atom. The summed E-state index contributed by atoms with van der Waals surface area (Å²) in [7, 11) is 0. The molecule has 3 N–H and O–H groups in total. The minimum Gasteiger partial charge on any atom is -0.480 e. The molecule has 0 bridgehead atoms. The van der Waals surface area contributed by atoms with E-state index in [0.29, 0.717) is 5.75 Å². The van der Waals surface area contributed by atoms with Crippen molar-refractivity contribution in [3.8, 4) is 11.1 Å². The van der Waals surface area contributed by atoms with Crippen molar-refractivity contribution in [3.05, 3.63) is 90.0 Å². The molecule has 7 nitrogen and oxygen atoms in total. The molecule has 37 heavy (non-hydrogen) atoms. The van der Waals surface area contributed by atoms with E-state index < -0.39 is 16.8 Å². The minimum absolute atomic E-state index is 0.0647. The van der Waals surface area contributed by atoms with Gasteiger partial charge in [-0.05, 0) is 34.4 Å². The molecule has 0 aliphatic carbocycles. The van der Waals surface area contributed by atoms with Crippen molar-refractivity contribution in [1.29, 1.82) is 0 Å². The van der Waals surface area contributed by atoms with Crippen LogP contribution in [0.3, 0.4) is 0 Å². The first kappa shape index (κ1) is 25.4. The second kappa shape index (κ2) is 10.6. The Hall–Kier alpha value is -3.27. The fourth-order valence-electron chi connectivity index (χ4n) is 4.66. The Labute approximate surface area is 223 Å². The van der Waals surface area contributed by atoms with Crippen LogP contribution in [-0.4, -0.2) is 61.4 Å². The van der Waals surface area contributed by atoms with E-state index in [4.69, 9.17) is 0 Å². The Bertz CT molecular complexity index is 1320. The number of carboxylic acid groups (broad SMARTS) is 1. The van der Waals surface area contributed by atoms with Crippen LogP contribution in [0.15, 0.2) is 83.8 Å². The molecule has 3 atom stereocenters. The van der Waals surface area contributed by atoms with Crippen molar-refractivity contribution < 1.29 is 24.6 Å². The molecule has 2 saturated heterocycles. The third-order valence-electron chi connectivity index (χ3n) is 6.63. The van der Waals surface area contributed by atoms with Gasteiger partial charge in [0.25, 0.3) is 0 Å². The smallest absolute Gasteiger partial charge is 0.322 e. The van der Waals surface area contributed by atoms with Crippen LogP contribution in [0.1, 0.15) is 11.1 Å². The van der Waals surface area contributed by atoms with Crippen LogP contribution in [0, 0.1) is 0 Å². The van der Waals surface area contributed by atoms with Crippen molar-refractivity contribution in [3.63, 3.8) is 0 Å². The number of carbonyl (C=O) groups excluding carboxylic acids is 2. The average Bonchev–Trinajstić information content (AvgIpc) is 2.92. The summed E-state index contributed by atoms with van der Waals surface area (Å²) in [5.74, 6) is -1.14. The zero-order valence-electron chi connectivity index (χ0n) is 19.9. The molecule has 0 aromatic heterocycles. The van der Waals surface area contributed by atoms with Gasteiger partial charge in [0, 0.05) is 17.2 Å². The fraction of sp³-hybridized carbons (Fsp3) is 0.250. The highest BCUT2D eigenvalue weighted by atomic mass is 32.2. The maximum atomic E-state index is 12.9. The summed E-state index contributed by atoms with van der Waals surface area (Å²) in [5, 5.41) is 22.4.